The Morgan fingerprint density at radius 2 is 1.95 bits per heavy atom. The number of likely N-dealkylation sites (N-methyl/N-ethyl adjacent to an activating group) is 1. The topological polar surface area (TPSA) is 75.2 Å². The van der Waals surface area contributed by atoms with Crippen molar-refractivity contribution < 1.29 is 9.59 Å². The Morgan fingerprint density at radius 1 is 1.24 bits per heavy atom. The monoisotopic (exact) mass is 348 g/mol. The molecule has 0 radical (unpaired) electrons. The summed E-state index contributed by atoms with van der Waals surface area (Å²) in [6.45, 7) is -0.0566. The zero-order chi connectivity index (χ0) is 15.2. The number of nitrogens with one attached hydrogen (secondary N) is 1. The van der Waals surface area contributed by atoms with Crippen LogP contribution in [-0.2, 0) is 4.79 Å². The molecular weight excluding hydrogens is 336 g/mol. The van der Waals surface area contributed by atoms with Crippen LogP contribution in [0.3, 0.4) is 0 Å². The van der Waals surface area contributed by atoms with E-state index in [-0.39, 0.29) is 18.4 Å². The molecule has 0 aliphatic heterocycles. The highest BCUT2D eigenvalue weighted by Crippen LogP contribution is 2.10. The standard InChI is InChI=1S/C14H13BrN4O2/c1-19(14(21)10-4-6-16-7-5-10)9-13(20)18-12-3-2-11(15)8-17-12/h2-8H,9H2,1H3,(H,17,18,20). The third-order valence-electron chi connectivity index (χ3n) is 2.65. The molecule has 108 valence electrons. The van der Waals surface area contributed by atoms with Gasteiger partial charge in [0, 0.05) is 35.7 Å². The summed E-state index contributed by atoms with van der Waals surface area (Å²) in [4.78, 5) is 33.2. The van der Waals surface area contributed by atoms with Gasteiger partial charge < -0.3 is 10.2 Å². The van der Waals surface area contributed by atoms with Gasteiger partial charge in [-0.25, -0.2) is 4.98 Å². The van der Waals surface area contributed by atoms with Crippen molar-refractivity contribution in [1.82, 2.24) is 14.9 Å². The van der Waals surface area contributed by atoms with Gasteiger partial charge in [0.25, 0.3) is 5.91 Å². The van der Waals surface area contributed by atoms with Crippen molar-refractivity contribution in [2.45, 2.75) is 0 Å². The van der Waals surface area contributed by atoms with Crippen molar-refractivity contribution in [3.8, 4) is 0 Å². The van der Waals surface area contributed by atoms with E-state index in [2.05, 4.69) is 31.2 Å². The second-order valence-electron chi connectivity index (χ2n) is 4.31. The van der Waals surface area contributed by atoms with Gasteiger partial charge in [-0.3, -0.25) is 14.6 Å². The molecule has 0 aliphatic carbocycles. The molecule has 0 aromatic carbocycles. The van der Waals surface area contributed by atoms with E-state index < -0.39 is 0 Å². The van der Waals surface area contributed by atoms with Crippen LogP contribution in [0.1, 0.15) is 10.4 Å². The maximum Gasteiger partial charge on any atom is 0.254 e. The van der Waals surface area contributed by atoms with Crippen LogP contribution in [-0.4, -0.2) is 40.3 Å². The van der Waals surface area contributed by atoms with Crippen LogP contribution >= 0.6 is 15.9 Å². The molecule has 0 bridgehead atoms. The van der Waals surface area contributed by atoms with Crippen LogP contribution in [0.15, 0.2) is 47.3 Å². The molecule has 7 heteroatoms. The third kappa shape index (κ3) is 4.35. The number of amides is 2. The summed E-state index contributed by atoms with van der Waals surface area (Å²) in [6.07, 6.45) is 4.65. The summed E-state index contributed by atoms with van der Waals surface area (Å²) in [5.41, 5.74) is 0.488. The second kappa shape index (κ2) is 6.94. The Labute approximate surface area is 130 Å². The van der Waals surface area contributed by atoms with E-state index in [4.69, 9.17) is 0 Å². The molecule has 0 spiro atoms. The average molecular weight is 349 g/mol. The molecule has 2 rings (SSSR count). The molecule has 0 fully saturated rings. The minimum Gasteiger partial charge on any atom is -0.332 e. The molecule has 0 atom stereocenters. The third-order valence-corrected chi connectivity index (χ3v) is 3.12. The van der Waals surface area contributed by atoms with Gasteiger partial charge in [0.15, 0.2) is 0 Å². The zero-order valence-corrected chi connectivity index (χ0v) is 12.9. The van der Waals surface area contributed by atoms with Crippen LogP contribution in [0, 0.1) is 0 Å². The molecule has 2 aromatic heterocycles. The number of nitrogens with zero attached hydrogens (tertiary/aromatic N) is 3. The highest BCUT2D eigenvalue weighted by atomic mass is 79.9. The Balaban J connectivity index is 1.93. The van der Waals surface area contributed by atoms with E-state index >= 15 is 0 Å². The molecule has 2 amide bonds. The van der Waals surface area contributed by atoms with Gasteiger partial charge in [-0.05, 0) is 40.2 Å². The molecule has 0 unspecified atom stereocenters. The second-order valence-corrected chi connectivity index (χ2v) is 5.22. The lowest BCUT2D eigenvalue weighted by atomic mass is 10.2. The molecule has 2 heterocycles. The summed E-state index contributed by atoms with van der Waals surface area (Å²) in [5.74, 6) is -0.112. The van der Waals surface area contributed by atoms with Crippen molar-refractivity contribution in [3.05, 3.63) is 52.9 Å². The van der Waals surface area contributed by atoms with E-state index in [1.165, 1.54) is 17.3 Å². The first-order chi connectivity index (χ1) is 10.1. The van der Waals surface area contributed by atoms with E-state index in [1.54, 1.807) is 37.5 Å². The molecule has 1 N–H and O–H groups in total. The number of carbonyl (C=O) groups excluding carboxylic acids is 2. The van der Waals surface area contributed by atoms with E-state index in [9.17, 15) is 9.59 Å². The number of aromatic nitrogens is 2. The number of hydrogen-bond donors (Lipinski definition) is 1. The average Bonchev–Trinajstić information content (AvgIpc) is 2.49. The Bertz CT molecular complexity index is 631. The van der Waals surface area contributed by atoms with Crippen LogP contribution in [0.2, 0.25) is 0 Å². The first-order valence-corrected chi connectivity index (χ1v) is 6.92. The summed E-state index contributed by atoms with van der Waals surface area (Å²) in [5, 5.41) is 2.63. The van der Waals surface area contributed by atoms with Crippen LogP contribution in [0.25, 0.3) is 0 Å². The largest absolute Gasteiger partial charge is 0.332 e. The lowest BCUT2D eigenvalue weighted by Gasteiger charge is -2.16. The minimum atomic E-state index is -0.310. The van der Waals surface area contributed by atoms with E-state index in [0.717, 1.165) is 4.47 Å². The quantitative estimate of drug-likeness (QED) is 0.916. The first kappa shape index (κ1) is 15.1. The molecular formula is C14H13BrN4O2. The highest BCUT2D eigenvalue weighted by Gasteiger charge is 2.15. The number of rotatable bonds is 4. The van der Waals surface area contributed by atoms with Gasteiger partial charge in [0.2, 0.25) is 5.91 Å². The number of anilines is 1. The fraction of sp³-hybridized carbons (Fsp3) is 0.143. The smallest absolute Gasteiger partial charge is 0.254 e. The lowest BCUT2D eigenvalue weighted by molar-refractivity contribution is -0.116. The number of halogens is 1. The van der Waals surface area contributed by atoms with Gasteiger partial charge in [0.05, 0.1) is 6.54 Å². The van der Waals surface area contributed by atoms with Gasteiger partial charge >= 0.3 is 0 Å². The van der Waals surface area contributed by atoms with Crippen molar-refractivity contribution in [2.75, 3.05) is 18.9 Å². The van der Waals surface area contributed by atoms with Gasteiger partial charge in [0.1, 0.15) is 5.82 Å². The van der Waals surface area contributed by atoms with Crippen molar-refractivity contribution >= 4 is 33.6 Å². The van der Waals surface area contributed by atoms with E-state index in [1.807, 2.05) is 0 Å². The van der Waals surface area contributed by atoms with Crippen molar-refractivity contribution in [3.63, 3.8) is 0 Å². The van der Waals surface area contributed by atoms with Crippen LogP contribution in [0.4, 0.5) is 5.82 Å². The highest BCUT2D eigenvalue weighted by molar-refractivity contribution is 9.10. The molecule has 21 heavy (non-hydrogen) atoms. The minimum absolute atomic E-state index is 0.0566. The summed E-state index contributed by atoms with van der Waals surface area (Å²) >= 11 is 3.26. The maximum absolute atomic E-state index is 12.1. The SMILES string of the molecule is CN(CC(=O)Nc1ccc(Br)cn1)C(=O)c1ccncc1. The summed E-state index contributed by atoms with van der Waals surface area (Å²) in [6, 6.07) is 6.65. The lowest BCUT2D eigenvalue weighted by Crippen LogP contribution is -2.35. The Morgan fingerprint density at radius 3 is 2.57 bits per heavy atom. The van der Waals surface area contributed by atoms with Crippen LogP contribution in [0.5, 0.6) is 0 Å². The molecule has 2 aromatic rings. The normalized spacial score (nSPS) is 10.0. The van der Waals surface area contributed by atoms with Gasteiger partial charge in [-0.2, -0.15) is 0 Å². The first-order valence-electron chi connectivity index (χ1n) is 6.13. The maximum atomic E-state index is 12.1. The predicted molar refractivity (Wildman–Crippen MR) is 81.8 cm³/mol. The molecule has 0 saturated heterocycles. The van der Waals surface area contributed by atoms with Crippen molar-refractivity contribution in [2.24, 2.45) is 0 Å². The molecule has 6 nitrogen and oxygen atoms in total. The van der Waals surface area contributed by atoms with E-state index in [0.29, 0.717) is 11.4 Å². The van der Waals surface area contributed by atoms with Gasteiger partial charge in [-0.15, -0.1) is 0 Å². The van der Waals surface area contributed by atoms with Crippen LogP contribution < -0.4 is 5.32 Å². The van der Waals surface area contributed by atoms with Crippen molar-refractivity contribution in [1.29, 1.82) is 0 Å². The number of pyridine rings is 2. The molecule has 0 saturated carbocycles. The molecule has 0 aliphatic rings. The summed E-state index contributed by atoms with van der Waals surface area (Å²) < 4.78 is 0.825. The summed E-state index contributed by atoms with van der Waals surface area (Å²) in [7, 11) is 1.57. The number of hydrogen-bond acceptors (Lipinski definition) is 4. The predicted octanol–water partition coefficient (Wildman–Crippen LogP) is 1.95. The van der Waals surface area contributed by atoms with Gasteiger partial charge in [-0.1, -0.05) is 0 Å². The zero-order valence-electron chi connectivity index (χ0n) is 11.3. The Hall–Kier alpha value is -2.28. The fourth-order valence-corrected chi connectivity index (χ4v) is 1.87. The Kier molecular flexibility index (Phi) is 4.99. The fourth-order valence-electron chi connectivity index (χ4n) is 1.63. The number of carbonyl (C=O) groups is 2.